The third-order valence-electron chi connectivity index (χ3n) is 1.99. The van der Waals surface area contributed by atoms with E-state index in [4.69, 9.17) is 10.0 Å². The topological polar surface area (TPSA) is 58.3 Å². The van der Waals surface area contributed by atoms with Crippen LogP contribution >= 0.6 is 0 Å². The summed E-state index contributed by atoms with van der Waals surface area (Å²) in [5, 5.41) is 21.7. The summed E-state index contributed by atoms with van der Waals surface area (Å²) in [5.74, 6) is -0.326. The van der Waals surface area contributed by atoms with Crippen LogP contribution < -0.4 is 5.46 Å². The number of rotatable bonds is 2. The van der Waals surface area contributed by atoms with E-state index in [0.29, 0.717) is 11.2 Å². The number of hydrogen-bond acceptors (Lipinski definition) is 3. The summed E-state index contributed by atoms with van der Waals surface area (Å²) < 4.78 is 14.1. The van der Waals surface area contributed by atoms with Gasteiger partial charge in [0.2, 0.25) is 0 Å². The molecular weight excluding hydrogens is 198 g/mol. The second kappa shape index (κ2) is 3.84. The number of benzene rings is 1. The van der Waals surface area contributed by atoms with Crippen LogP contribution in [0.25, 0.3) is 5.69 Å². The Balaban J connectivity index is 2.33. The highest BCUT2D eigenvalue weighted by atomic mass is 19.1. The van der Waals surface area contributed by atoms with Crippen molar-refractivity contribution in [2.75, 3.05) is 0 Å². The van der Waals surface area contributed by atoms with E-state index in [9.17, 15) is 4.39 Å². The number of nitrogens with zero attached hydrogens (tertiary/aromatic N) is 2. The monoisotopic (exact) mass is 206 g/mol. The SMILES string of the molecule is OB(O)c1cnn(-c2ccc(F)cc2)c1. The van der Waals surface area contributed by atoms with E-state index < -0.39 is 7.12 Å². The molecule has 0 fully saturated rings. The first-order valence-corrected chi connectivity index (χ1v) is 4.33. The van der Waals surface area contributed by atoms with Crippen LogP contribution in [0.4, 0.5) is 4.39 Å². The van der Waals surface area contributed by atoms with E-state index in [1.807, 2.05) is 0 Å². The first-order chi connectivity index (χ1) is 7.16. The van der Waals surface area contributed by atoms with Crippen LogP contribution in [-0.4, -0.2) is 26.9 Å². The molecule has 2 aromatic rings. The lowest BCUT2D eigenvalue weighted by molar-refractivity contribution is 0.426. The van der Waals surface area contributed by atoms with Crippen LogP contribution in [0.5, 0.6) is 0 Å². The molecule has 2 rings (SSSR count). The predicted molar refractivity (Wildman–Crippen MR) is 53.3 cm³/mol. The number of halogens is 1. The van der Waals surface area contributed by atoms with Crippen molar-refractivity contribution in [2.45, 2.75) is 0 Å². The summed E-state index contributed by atoms with van der Waals surface area (Å²) in [6.45, 7) is 0. The highest BCUT2D eigenvalue weighted by molar-refractivity contribution is 6.58. The van der Waals surface area contributed by atoms with Crippen molar-refractivity contribution in [3.05, 3.63) is 42.5 Å². The fourth-order valence-electron chi connectivity index (χ4n) is 1.21. The van der Waals surface area contributed by atoms with Gasteiger partial charge in [0, 0.05) is 17.9 Å². The molecule has 0 bridgehead atoms. The molecule has 0 saturated heterocycles. The van der Waals surface area contributed by atoms with Crippen molar-refractivity contribution in [3.8, 4) is 5.69 Å². The maximum atomic E-state index is 12.6. The molecule has 0 unspecified atom stereocenters. The standard InChI is InChI=1S/C9H8BFN2O2/c11-8-1-3-9(4-2-8)13-6-7(5-12-13)10(14)15/h1-6,14-15H. The second-order valence-corrected chi connectivity index (χ2v) is 3.07. The van der Waals surface area contributed by atoms with Crippen molar-refractivity contribution in [2.24, 2.45) is 0 Å². The van der Waals surface area contributed by atoms with E-state index in [0.717, 1.165) is 0 Å². The van der Waals surface area contributed by atoms with Crippen LogP contribution in [0.15, 0.2) is 36.7 Å². The molecule has 0 spiro atoms. The van der Waals surface area contributed by atoms with Gasteiger partial charge in [-0.1, -0.05) is 0 Å². The summed E-state index contributed by atoms with van der Waals surface area (Å²) >= 11 is 0. The van der Waals surface area contributed by atoms with Gasteiger partial charge in [-0.05, 0) is 24.3 Å². The van der Waals surface area contributed by atoms with Crippen molar-refractivity contribution >= 4 is 12.6 Å². The number of hydrogen-bond donors (Lipinski definition) is 2. The summed E-state index contributed by atoms with van der Waals surface area (Å²) in [4.78, 5) is 0. The van der Waals surface area contributed by atoms with Crippen molar-refractivity contribution < 1.29 is 14.4 Å². The zero-order valence-electron chi connectivity index (χ0n) is 7.71. The maximum absolute atomic E-state index is 12.6. The molecule has 0 aliphatic rings. The van der Waals surface area contributed by atoms with Gasteiger partial charge in [-0.2, -0.15) is 5.10 Å². The Morgan fingerprint density at radius 1 is 1.20 bits per heavy atom. The lowest BCUT2D eigenvalue weighted by Crippen LogP contribution is -2.28. The van der Waals surface area contributed by atoms with Crippen LogP contribution in [0.3, 0.4) is 0 Å². The fraction of sp³-hybridized carbons (Fsp3) is 0. The van der Waals surface area contributed by atoms with Crippen molar-refractivity contribution in [3.63, 3.8) is 0 Å². The minimum absolute atomic E-state index is 0.291. The molecule has 15 heavy (non-hydrogen) atoms. The van der Waals surface area contributed by atoms with Crippen LogP contribution in [0.1, 0.15) is 0 Å². The lowest BCUT2D eigenvalue weighted by atomic mass is 9.83. The zero-order chi connectivity index (χ0) is 10.8. The average Bonchev–Trinajstić information content (AvgIpc) is 2.68. The Labute approximate surface area is 85.7 Å². The minimum Gasteiger partial charge on any atom is -0.423 e. The molecule has 0 saturated carbocycles. The van der Waals surface area contributed by atoms with E-state index in [2.05, 4.69) is 5.10 Å². The molecule has 0 atom stereocenters. The van der Waals surface area contributed by atoms with E-state index in [-0.39, 0.29) is 5.82 Å². The van der Waals surface area contributed by atoms with Gasteiger partial charge in [-0.25, -0.2) is 9.07 Å². The lowest BCUT2D eigenvalue weighted by Gasteiger charge is -1.99. The van der Waals surface area contributed by atoms with Crippen LogP contribution in [0, 0.1) is 5.82 Å². The summed E-state index contributed by atoms with van der Waals surface area (Å²) in [5.41, 5.74) is 0.947. The quantitative estimate of drug-likeness (QED) is 0.662. The Morgan fingerprint density at radius 3 is 2.40 bits per heavy atom. The highest BCUT2D eigenvalue weighted by Crippen LogP contribution is 2.06. The largest absolute Gasteiger partial charge is 0.491 e. The van der Waals surface area contributed by atoms with Crippen LogP contribution in [0.2, 0.25) is 0 Å². The van der Waals surface area contributed by atoms with E-state index in [1.165, 1.54) is 29.2 Å². The van der Waals surface area contributed by atoms with Crippen molar-refractivity contribution in [1.82, 2.24) is 9.78 Å². The summed E-state index contributed by atoms with van der Waals surface area (Å²) in [6, 6.07) is 5.73. The molecule has 1 aromatic carbocycles. The Kier molecular flexibility index (Phi) is 2.53. The third kappa shape index (κ3) is 2.06. The average molecular weight is 206 g/mol. The Morgan fingerprint density at radius 2 is 1.87 bits per heavy atom. The van der Waals surface area contributed by atoms with Crippen molar-refractivity contribution in [1.29, 1.82) is 0 Å². The summed E-state index contributed by atoms with van der Waals surface area (Å²) in [6.07, 6.45) is 2.81. The maximum Gasteiger partial charge on any atom is 0.491 e. The highest BCUT2D eigenvalue weighted by Gasteiger charge is 2.13. The summed E-state index contributed by atoms with van der Waals surface area (Å²) in [7, 11) is -1.54. The molecule has 1 heterocycles. The first-order valence-electron chi connectivity index (χ1n) is 4.33. The Bertz CT molecular complexity index is 455. The number of aromatic nitrogens is 2. The van der Waals surface area contributed by atoms with Gasteiger partial charge in [-0.15, -0.1) is 0 Å². The minimum atomic E-state index is -1.54. The molecule has 6 heteroatoms. The van der Waals surface area contributed by atoms with Gasteiger partial charge in [0.1, 0.15) is 5.82 Å². The smallest absolute Gasteiger partial charge is 0.423 e. The third-order valence-corrected chi connectivity index (χ3v) is 1.99. The fourth-order valence-corrected chi connectivity index (χ4v) is 1.21. The van der Waals surface area contributed by atoms with Gasteiger partial charge in [-0.3, -0.25) is 0 Å². The van der Waals surface area contributed by atoms with Crippen LogP contribution in [-0.2, 0) is 0 Å². The molecule has 0 aliphatic heterocycles. The molecule has 76 valence electrons. The zero-order valence-corrected chi connectivity index (χ0v) is 7.71. The van der Waals surface area contributed by atoms with Gasteiger partial charge in [0.05, 0.1) is 5.69 Å². The van der Waals surface area contributed by atoms with E-state index >= 15 is 0 Å². The Hall–Kier alpha value is -1.66. The predicted octanol–water partition coefficient (Wildman–Crippen LogP) is -0.309. The molecule has 0 radical (unpaired) electrons. The first kappa shape index (κ1) is 9.88. The molecule has 0 amide bonds. The molecule has 1 aromatic heterocycles. The second-order valence-electron chi connectivity index (χ2n) is 3.07. The van der Waals surface area contributed by atoms with Gasteiger partial charge >= 0.3 is 7.12 Å². The van der Waals surface area contributed by atoms with E-state index in [1.54, 1.807) is 12.1 Å². The molecule has 2 N–H and O–H groups in total. The van der Waals surface area contributed by atoms with Gasteiger partial charge in [0.15, 0.2) is 0 Å². The molecule has 0 aliphatic carbocycles. The van der Waals surface area contributed by atoms with Gasteiger partial charge in [0.25, 0.3) is 0 Å². The molecule has 4 nitrogen and oxygen atoms in total. The van der Waals surface area contributed by atoms with Gasteiger partial charge < -0.3 is 10.0 Å². The molecular formula is C9H8BFN2O2. The normalized spacial score (nSPS) is 10.3.